The lowest BCUT2D eigenvalue weighted by atomic mass is 9.92. The zero-order chi connectivity index (χ0) is 36.7. The van der Waals surface area contributed by atoms with Crippen LogP contribution < -0.4 is 21.3 Å². The molecule has 1 aromatic heterocycles. The standard InChI is InChI=1S/C36H66N6O6/c1-21(2)17-30(31(43)14-13-25(9)33(44)40-32(24(7)8)36(47)37-19-22(3)4)39-35(46)29(15-16-48-12)38-34(45)28(23(5)6)20-42-27(11)18-26(10)41-42/h18,21-25,28-32,43H,13-17,19-20H2,1-12H3,(H,37,47)(H,38,45)(H,39,46)(H,40,44)/t25-,28?,29+,30+,31+,32+/m1/s1. The first-order chi connectivity index (χ1) is 22.4. The molecule has 1 unspecified atom stereocenters. The van der Waals surface area contributed by atoms with E-state index in [1.165, 1.54) is 0 Å². The number of amides is 4. The summed E-state index contributed by atoms with van der Waals surface area (Å²) in [5.74, 6) is -1.61. The molecule has 0 bridgehead atoms. The Morgan fingerprint density at radius 3 is 1.96 bits per heavy atom. The molecule has 6 atom stereocenters. The van der Waals surface area contributed by atoms with Crippen LogP contribution in [-0.4, -0.2) is 83.0 Å². The summed E-state index contributed by atoms with van der Waals surface area (Å²) in [7, 11) is 1.54. The van der Waals surface area contributed by atoms with Crippen molar-refractivity contribution in [1.82, 2.24) is 31.0 Å². The van der Waals surface area contributed by atoms with E-state index in [9.17, 15) is 24.3 Å². The summed E-state index contributed by atoms with van der Waals surface area (Å²) in [6.07, 6.45) is 0.488. The van der Waals surface area contributed by atoms with Crippen molar-refractivity contribution < 1.29 is 29.0 Å². The van der Waals surface area contributed by atoms with E-state index >= 15 is 0 Å². The Balaban J connectivity index is 2.97. The zero-order valence-corrected chi connectivity index (χ0v) is 31.7. The summed E-state index contributed by atoms with van der Waals surface area (Å²) < 4.78 is 7.08. The molecule has 1 rings (SSSR count). The molecule has 0 aliphatic heterocycles. The highest BCUT2D eigenvalue weighted by atomic mass is 16.5. The average Bonchev–Trinajstić information content (AvgIpc) is 3.32. The van der Waals surface area contributed by atoms with Gasteiger partial charge in [0.15, 0.2) is 0 Å². The molecule has 0 aliphatic carbocycles. The van der Waals surface area contributed by atoms with Gasteiger partial charge in [-0.3, -0.25) is 23.9 Å². The van der Waals surface area contributed by atoms with E-state index in [2.05, 4.69) is 26.4 Å². The fourth-order valence-corrected chi connectivity index (χ4v) is 5.53. The van der Waals surface area contributed by atoms with E-state index in [1.807, 2.05) is 80.0 Å². The van der Waals surface area contributed by atoms with Gasteiger partial charge in [-0.05, 0) is 69.3 Å². The van der Waals surface area contributed by atoms with Gasteiger partial charge in [0.05, 0.1) is 30.3 Å². The molecule has 48 heavy (non-hydrogen) atoms. The fourth-order valence-electron chi connectivity index (χ4n) is 5.53. The Labute approximate surface area is 289 Å². The molecule has 12 nitrogen and oxygen atoms in total. The highest BCUT2D eigenvalue weighted by Crippen LogP contribution is 2.19. The third-order valence-corrected chi connectivity index (χ3v) is 8.65. The SMILES string of the molecule is COCC[C@H](NC(=O)C(Cn1nc(C)cc1C)C(C)C)C(=O)N[C@@H](CC(C)C)[C@@H](O)CC[C@@H](C)C(=O)N[C@H](C(=O)NCC(C)C)C(C)C. The topological polar surface area (TPSA) is 164 Å². The van der Waals surface area contributed by atoms with Crippen LogP contribution in [-0.2, 0) is 30.5 Å². The lowest BCUT2D eigenvalue weighted by molar-refractivity contribution is -0.133. The van der Waals surface area contributed by atoms with Gasteiger partial charge in [-0.1, -0.05) is 62.3 Å². The number of aryl methyl sites for hydroxylation is 2. The van der Waals surface area contributed by atoms with Gasteiger partial charge in [0, 0.05) is 31.9 Å². The molecular formula is C36H66N6O6. The molecule has 5 N–H and O–H groups in total. The van der Waals surface area contributed by atoms with Crippen molar-refractivity contribution in [2.24, 2.45) is 35.5 Å². The maximum atomic E-state index is 13.7. The summed E-state index contributed by atoms with van der Waals surface area (Å²) in [5.41, 5.74) is 1.84. The van der Waals surface area contributed by atoms with Crippen molar-refractivity contribution >= 4 is 23.6 Å². The number of methoxy groups -OCH3 is 1. The van der Waals surface area contributed by atoms with E-state index in [4.69, 9.17) is 4.74 Å². The highest BCUT2D eigenvalue weighted by Gasteiger charge is 2.32. The number of aliphatic hydroxyl groups is 1. The van der Waals surface area contributed by atoms with Crippen LogP contribution in [0.3, 0.4) is 0 Å². The number of nitrogens with zero attached hydrogens (tertiary/aromatic N) is 2. The van der Waals surface area contributed by atoms with Crippen LogP contribution in [0, 0.1) is 49.4 Å². The van der Waals surface area contributed by atoms with E-state index in [0.29, 0.717) is 31.8 Å². The number of hydrogen-bond donors (Lipinski definition) is 5. The van der Waals surface area contributed by atoms with E-state index in [-0.39, 0.29) is 54.9 Å². The summed E-state index contributed by atoms with van der Waals surface area (Å²) in [6, 6.07) is -0.136. The maximum absolute atomic E-state index is 13.7. The van der Waals surface area contributed by atoms with Gasteiger partial charge in [0.2, 0.25) is 23.6 Å². The Morgan fingerprint density at radius 1 is 0.812 bits per heavy atom. The lowest BCUT2D eigenvalue weighted by Crippen LogP contribution is -2.54. The smallest absolute Gasteiger partial charge is 0.242 e. The van der Waals surface area contributed by atoms with Crippen LogP contribution in [0.15, 0.2) is 6.07 Å². The minimum absolute atomic E-state index is 0.0000149. The van der Waals surface area contributed by atoms with Crippen molar-refractivity contribution in [3.05, 3.63) is 17.5 Å². The maximum Gasteiger partial charge on any atom is 0.242 e. The number of nitrogens with one attached hydrogen (secondary N) is 4. The summed E-state index contributed by atoms with van der Waals surface area (Å²) in [6.45, 7) is 22.6. The largest absolute Gasteiger partial charge is 0.391 e. The second-order valence-corrected chi connectivity index (χ2v) is 15.0. The quantitative estimate of drug-likeness (QED) is 0.125. The molecule has 0 radical (unpaired) electrons. The van der Waals surface area contributed by atoms with Gasteiger partial charge in [-0.2, -0.15) is 5.10 Å². The van der Waals surface area contributed by atoms with Crippen LogP contribution in [0.1, 0.15) is 99.4 Å². The molecule has 0 spiro atoms. The monoisotopic (exact) mass is 679 g/mol. The predicted molar refractivity (Wildman–Crippen MR) is 189 cm³/mol. The normalized spacial score (nSPS) is 15.6. The van der Waals surface area contributed by atoms with Gasteiger partial charge in [-0.25, -0.2) is 0 Å². The number of carbonyl (C=O) groups is 4. The first-order valence-electron chi connectivity index (χ1n) is 17.7. The first-order valence-corrected chi connectivity index (χ1v) is 17.7. The van der Waals surface area contributed by atoms with Crippen molar-refractivity contribution in [3.8, 4) is 0 Å². The molecule has 1 heterocycles. The van der Waals surface area contributed by atoms with Gasteiger partial charge < -0.3 is 31.1 Å². The van der Waals surface area contributed by atoms with Crippen LogP contribution in [0.4, 0.5) is 0 Å². The minimum atomic E-state index is -0.921. The van der Waals surface area contributed by atoms with Crippen molar-refractivity contribution in [1.29, 1.82) is 0 Å². The zero-order valence-electron chi connectivity index (χ0n) is 31.7. The van der Waals surface area contributed by atoms with Crippen molar-refractivity contribution in [3.63, 3.8) is 0 Å². The number of rotatable bonds is 22. The number of hydrogen-bond acceptors (Lipinski definition) is 7. The Bertz CT molecular complexity index is 1150. The molecule has 0 aliphatic rings. The Hall–Kier alpha value is -2.99. The first kappa shape index (κ1) is 43.0. The second kappa shape index (κ2) is 21.2. The van der Waals surface area contributed by atoms with Crippen LogP contribution in [0.2, 0.25) is 0 Å². The van der Waals surface area contributed by atoms with Gasteiger partial charge in [0.25, 0.3) is 0 Å². The summed E-state index contributed by atoms with van der Waals surface area (Å²) >= 11 is 0. The molecule has 0 aromatic carbocycles. The average molecular weight is 679 g/mol. The van der Waals surface area contributed by atoms with Crippen LogP contribution in [0.25, 0.3) is 0 Å². The molecule has 0 fully saturated rings. The van der Waals surface area contributed by atoms with Crippen molar-refractivity contribution in [2.75, 3.05) is 20.3 Å². The molecular weight excluding hydrogens is 612 g/mol. The van der Waals surface area contributed by atoms with Gasteiger partial charge in [-0.15, -0.1) is 0 Å². The number of carbonyl (C=O) groups excluding carboxylic acids is 4. The van der Waals surface area contributed by atoms with Crippen molar-refractivity contribution in [2.45, 2.75) is 133 Å². The third-order valence-electron chi connectivity index (χ3n) is 8.65. The van der Waals surface area contributed by atoms with E-state index < -0.39 is 42.0 Å². The molecule has 1 aromatic rings. The molecule has 0 saturated carbocycles. The van der Waals surface area contributed by atoms with Gasteiger partial charge in [0.1, 0.15) is 12.1 Å². The summed E-state index contributed by atoms with van der Waals surface area (Å²) in [5, 5.41) is 27.5. The number of aliphatic hydroxyl groups excluding tert-OH is 1. The second-order valence-electron chi connectivity index (χ2n) is 15.0. The number of ether oxygens (including phenoxy) is 1. The Kier molecular flexibility index (Phi) is 19.0. The van der Waals surface area contributed by atoms with E-state index in [1.54, 1.807) is 14.0 Å². The van der Waals surface area contributed by atoms with Crippen LogP contribution >= 0.6 is 0 Å². The van der Waals surface area contributed by atoms with E-state index in [0.717, 1.165) is 11.4 Å². The number of aromatic nitrogens is 2. The minimum Gasteiger partial charge on any atom is -0.391 e. The van der Waals surface area contributed by atoms with Crippen LogP contribution in [0.5, 0.6) is 0 Å². The molecule has 276 valence electrons. The predicted octanol–water partition coefficient (Wildman–Crippen LogP) is 3.51. The Morgan fingerprint density at radius 2 is 1.46 bits per heavy atom. The highest BCUT2D eigenvalue weighted by molar-refractivity contribution is 5.89. The third kappa shape index (κ3) is 15.1. The molecule has 4 amide bonds. The fraction of sp³-hybridized carbons (Fsp3) is 0.806. The molecule has 0 saturated heterocycles. The lowest BCUT2D eigenvalue weighted by Gasteiger charge is -2.30. The molecule has 12 heteroatoms. The summed E-state index contributed by atoms with van der Waals surface area (Å²) in [4.78, 5) is 53.0. The van der Waals surface area contributed by atoms with Gasteiger partial charge >= 0.3 is 0 Å².